The van der Waals surface area contributed by atoms with E-state index in [1.54, 1.807) is 0 Å². The van der Waals surface area contributed by atoms with E-state index < -0.39 is 18.6 Å². The Bertz CT molecular complexity index is 498. The zero-order valence-corrected chi connectivity index (χ0v) is 12.3. The lowest BCUT2D eigenvalue weighted by atomic mass is 10.2. The highest BCUT2D eigenvalue weighted by Crippen LogP contribution is 2.17. The Morgan fingerprint density at radius 3 is 2.77 bits per heavy atom. The number of aromatic nitrogens is 2. The highest BCUT2D eigenvalue weighted by Gasteiger charge is 2.28. The van der Waals surface area contributed by atoms with Gasteiger partial charge in [-0.3, -0.25) is 14.4 Å². The minimum atomic E-state index is -4.36. The molecule has 1 atom stereocenters. The fraction of sp³-hybridized carbons (Fsp3) is 0.692. The average molecular weight is 320 g/mol. The molecule has 0 unspecified atom stereocenters. The number of carbonyl (C=O) groups excluding carboxylic acids is 1. The van der Waals surface area contributed by atoms with Crippen molar-refractivity contribution in [3.8, 4) is 0 Å². The first-order valence-electron chi connectivity index (χ1n) is 7.04. The van der Waals surface area contributed by atoms with Crippen molar-refractivity contribution in [2.24, 2.45) is 0 Å². The van der Waals surface area contributed by atoms with Gasteiger partial charge in [0.25, 0.3) is 5.91 Å². The molecule has 1 aliphatic heterocycles. The molecule has 0 spiro atoms. The molecule has 0 aromatic carbocycles. The van der Waals surface area contributed by atoms with Crippen LogP contribution in [0.5, 0.6) is 0 Å². The van der Waals surface area contributed by atoms with Crippen LogP contribution in [0.2, 0.25) is 0 Å². The van der Waals surface area contributed by atoms with E-state index in [1.807, 2.05) is 6.92 Å². The predicted octanol–water partition coefficient (Wildman–Crippen LogP) is 0.896. The number of carbonyl (C=O) groups is 1. The number of alkyl halides is 3. The van der Waals surface area contributed by atoms with Crippen LogP contribution in [0.25, 0.3) is 0 Å². The number of nitrogens with one attached hydrogen (secondary N) is 1. The number of halogens is 3. The normalized spacial score (nSPS) is 18.2. The van der Waals surface area contributed by atoms with Gasteiger partial charge in [-0.25, -0.2) is 0 Å². The number of morpholine rings is 1. The molecule has 2 rings (SSSR count). The molecule has 1 aromatic rings. The van der Waals surface area contributed by atoms with Gasteiger partial charge < -0.3 is 10.1 Å². The number of ether oxygens (including phenoxy) is 1. The third-order valence-electron chi connectivity index (χ3n) is 3.46. The molecule has 124 valence electrons. The van der Waals surface area contributed by atoms with Crippen LogP contribution in [0, 0.1) is 0 Å². The Morgan fingerprint density at radius 1 is 1.45 bits per heavy atom. The number of hydrogen-bond donors (Lipinski definition) is 1. The second-order valence-corrected chi connectivity index (χ2v) is 5.25. The Morgan fingerprint density at radius 2 is 2.14 bits per heavy atom. The smallest absolute Gasteiger partial charge is 0.379 e. The van der Waals surface area contributed by atoms with E-state index >= 15 is 0 Å². The summed E-state index contributed by atoms with van der Waals surface area (Å²) in [5.74, 6) is -0.423. The zero-order valence-electron chi connectivity index (χ0n) is 12.3. The molecule has 1 N–H and O–H groups in total. The van der Waals surface area contributed by atoms with Crippen molar-refractivity contribution < 1.29 is 22.7 Å². The summed E-state index contributed by atoms with van der Waals surface area (Å²) in [6, 6.07) is 0.137. The molecule has 1 amide bonds. The van der Waals surface area contributed by atoms with Crippen molar-refractivity contribution in [1.82, 2.24) is 20.0 Å². The van der Waals surface area contributed by atoms with Gasteiger partial charge in [-0.05, 0) is 6.92 Å². The summed E-state index contributed by atoms with van der Waals surface area (Å²) in [6.07, 6.45) is -2.12. The average Bonchev–Trinajstić information content (AvgIpc) is 2.91. The molecule has 0 bridgehead atoms. The maximum Gasteiger partial charge on any atom is 0.408 e. The van der Waals surface area contributed by atoms with Crippen LogP contribution in [0.3, 0.4) is 0 Å². The fourth-order valence-corrected chi connectivity index (χ4v) is 2.24. The molecular weight excluding hydrogens is 301 g/mol. The van der Waals surface area contributed by atoms with Gasteiger partial charge in [-0.15, -0.1) is 0 Å². The Balaban J connectivity index is 1.81. The summed E-state index contributed by atoms with van der Waals surface area (Å²) in [5.41, 5.74) is 0.124. The van der Waals surface area contributed by atoms with Crippen molar-refractivity contribution in [3.05, 3.63) is 18.0 Å². The van der Waals surface area contributed by atoms with Crippen LogP contribution in [-0.2, 0) is 11.3 Å². The number of rotatable bonds is 5. The monoisotopic (exact) mass is 320 g/mol. The van der Waals surface area contributed by atoms with Gasteiger partial charge in [0.2, 0.25) is 0 Å². The second-order valence-electron chi connectivity index (χ2n) is 5.25. The predicted molar refractivity (Wildman–Crippen MR) is 72.5 cm³/mol. The summed E-state index contributed by atoms with van der Waals surface area (Å²) in [4.78, 5) is 14.1. The first kappa shape index (κ1) is 16.8. The Labute approximate surface area is 126 Å². The van der Waals surface area contributed by atoms with Crippen molar-refractivity contribution >= 4 is 5.91 Å². The zero-order chi connectivity index (χ0) is 16.2. The molecule has 2 heterocycles. The van der Waals surface area contributed by atoms with Crippen molar-refractivity contribution in [1.29, 1.82) is 0 Å². The van der Waals surface area contributed by atoms with Gasteiger partial charge in [0.05, 0.1) is 25.0 Å². The van der Waals surface area contributed by atoms with Crippen LogP contribution < -0.4 is 5.32 Å². The fourth-order valence-electron chi connectivity index (χ4n) is 2.24. The molecule has 1 saturated heterocycles. The highest BCUT2D eigenvalue weighted by molar-refractivity contribution is 5.93. The van der Waals surface area contributed by atoms with Gasteiger partial charge >= 0.3 is 6.18 Å². The standard InChI is InChI=1S/C13H19F3N4O2/c1-10(19-2-4-22-5-3-19)6-17-12(21)11-7-18-20(8-11)9-13(14,15)16/h7-8,10H,2-6,9H2,1H3,(H,17,21)/t10-/m1/s1. The maximum absolute atomic E-state index is 12.2. The summed E-state index contributed by atoms with van der Waals surface area (Å²) < 4.78 is 42.7. The lowest BCUT2D eigenvalue weighted by Gasteiger charge is -2.32. The van der Waals surface area contributed by atoms with Crippen LogP contribution in [0.15, 0.2) is 12.4 Å². The molecule has 9 heteroatoms. The molecule has 1 aromatic heterocycles. The minimum Gasteiger partial charge on any atom is -0.379 e. The Kier molecular flexibility index (Phi) is 5.41. The first-order valence-corrected chi connectivity index (χ1v) is 7.04. The summed E-state index contributed by atoms with van der Waals surface area (Å²) in [6.45, 7) is 4.15. The Hall–Kier alpha value is -1.61. The minimum absolute atomic E-state index is 0.124. The molecule has 1 aliphatic rings. The van der Waals surface area contributed by atoms with E-state index in [2.05, 4.69) is 15.3 Å². The molecule has 0 radical (unpaired) electrons. The third-order valence-corrected chi connectivity index (χ3v) is 3.46. The van der Waals surface area contributed by atoms with Crippen molar-refractivity contribution in [3.63, 3.8) is 0 Å². The van der Waals surface area contributed by atoms with E-state index in [9.17, 15) is 18.0 Å². The van der Waals surface area contributed by atoms with Gasteiger partial charge in [0, 0.05) is 31.9 Å². The molecule has 0 aliphatic carbocycles. The summed E-state index contributed by atoms with van der Waals surface area (Å²) in [7, 11) is 0. The summed E-state index contributed by atoms with van der Waals surface area (Å²) in [5, 5.41) is 6.26. The topological polar surface area (TPSA) is 59.4 Å². The van der Waals surface area contributed by atoms with Crippen LogP contribution in [0.1, 0.15) is 17.3 Å². The lowest BCUT2D eigenvalue weighted by Crippen LogP contribution is -2.47. The summed E-state index contributed by atoms with van der Waals surface area (Å²) >= 11 is 0. The van der Waals surface area contributed by atoms with E-state index in [0.29, 0.717) is 24.4 Å². The molecular formula is C13H19F3N4O2. The first-order chi connectivity index (χ1) is 10.3. The van der Waals surface area contributed by atoms with Crippen LogP contribution in [0.4, 0.5) is 13.2 Å². The maximum atomic E-state index is 12.2. The third kappa shape index (κ3) is 4.99. The largest absolute Gasteiger partial charge is 0.408 e. The van der Waals surface area contributed by atoms with E-state index in [-0.39, 0.29) is 11.6 Å². The molecule has 1 fully saturated rings. The SMILES string of the molecule is C[C@H](CNC(=O)c1cnn(CC(F)(F)F)c1)N1CCOCC1. The van der Waals surface area contributed by atoms with E-state index in [1.165, 1.54) is 0 Å². The number of hydrogen-bond acceptors (Lipinski definition) is 4. The quantitative estimate of drug-likeness (QED) is 0.876. The number of nitrogens with zero attached hydrogens (tertiary/aromatic N) is 3. The van der Waals surface area contributed by atoms with Crippen LogP contribution >= 0.6 is 0 Å². The van der Waals surface area contributed by atoms with Gasteiger partial charge in [-0.2, -0.15) is 18.3 Å². The van der Waals surface area contributed by atoms with Gasteiger partial charge in [-0.1, -0.05) is 0 Å². The highest BCUT2D eigenvalue weighted by atomic mass is 19.4. The number of amides is 1. The lowest BCUT2D eigenvalue weighted by molar-refractivity contribution is -0.142. The van der Waals surface area contributed by atoms with Gasteiger partial charge in [0.1, 0.15) is 6.54 Å². The molecule has 22 heavy (non-hydrogen) atoms. The van der Waals surface area contributed by atoms with E-state index in [0.717, 1.165) is 25.5 Å². The molecule has 6 nitrogen and oxygen atoms in total. The van der Waals surface area contributed by atoms with E-state index in [4.69, 9.17) is 4.74 Å². The molecule has 0 saturated carbocycles. The van der Waals surface area contributed by atoms with Crippen molar-refractivity contribution in [2.45, 2.75) is 25.7 Å². The second kappa shape index (κ2) is 7.10. The van der Waals surface area contributed by atoms with Gasteiger partial charge in [0.15, 0.2) is 0 Å². The van der Waals surface area contributed by atoms with Crippen LogP contribution in [-0.4, -0.2) is 65.7 Å². The van der Waals surface area contributed by atoms with Crippen molar-refractivity contribution in [2.75, 3.05) is 32.8 Å².